The van der Waals surface area contributed by atoms with Crippen molar-refractivity contribution in [2.24, 2.45) is 0 Å². The third-order valence-corrected chi connectivity index (χ3v) is 3.46. The predicted molar refractivity (Wildman–Crippen MR) is 67.9 cm³/mol. The van der Waals surface area contributed by atoms with Crippen LogP contribution < -0.4 is 5.73 Å². The van der Waals surface area contributed by atoms with Gasteiger partial charge < -0.3 is 5.73 Å². The van der Waals surface area contributed by atoms with Gasteiger partial charge in [-0.1, -0.05) is 23.7 Å². The molecule has 0 bridgehead atoms. The minimum absolute atomic E-state index is 0.544. The van der Waals surface area contributed by atoms with Crippen LogP contribution in [0.5, 0.6) is 0 Å². The molecule has 0 fully saturated rings. The zero-order valence-electron chi connectivity index (χ0n) is 8.22. The first kappa shape index (κ1) is 9.69. The number of anilines is 1. The van der Waals surface area contributed by atoms with Crippen LogP contribution in [0.4, 0.5) is 5.82 Å². The van der Waals surface area contributed by atoms with Gasteiger partial charge in [0.2, 0.25) is 0 Å². The van der Waals surface area contributed by atoms with Gasteiger partial charge in [0.15, 0.2) is 4.96 Å². The maximum atomic E-state index is 5.86. The van der Waals surface area contributed by atoms with Gasteiger partial charge in [0, 0.05) is 10.4 Å². The molecule has 3 aromatic rings. The van der Waals surface area contributed by atoms with E-state index in [1.54, 1.807) is 11.3 Å². The molecule has 2 aromatic heterocycles. The highest BCUT2D eigenvalue weighted by Crippen LogP contribution is 2.27. The molecular weight excluding hydrogens is 242 g/mol. The summed E-state index contributed by atoms with van der Waals surface area (Å²) in [4.78, 5) is 5.12. The van der Waals surface area contributed by atoms with Gasteiger partial charge in [0.1, 0.15) is 5.82 Å². The van der Waals surface area contributed by atoms with Crippen LogP contribution in [0.2, 0.25) is 5.02 Å². The summed E-state index contributed by atoms with van der Waals surface area (Å²) in [5, 5.41) is 2.80. The third kappa shape index (κ3) is 1.47. The van der Waals surface area contributed by atoms with Crippen LogP contribution in [-0.4, -0.2) is 9.38 Å². The van der Waals surface area contributed by atoms with Crippen molar-refractivity contribution in [1.82, 2.24) is 9.38 Å². The molecule has 0 unspecified atom stereocenters. The fourth-order valence-electron chi connectivity index (χ4n) is 1.63. The van der Waals surface area contributed by atoms with Crippen molar-refractivity contribution in [3.63, 3.8) is 0 Å². The lowest BCUT2D eigenvalue weighted by Crippen LogP contribution is -1.84. The van der Waals surface area contributed by atoms with Crippen molar-refractivity contribution < 1.29 is 0 Å². The number of hydrogen-bond donors (Lipinski definition) is 1. The van der Waals surface area contributed by atoms with Gasteiger partial charge in [0.25, 0.3) is 0 Å². The Bertz CT molecular complexity index is 639. The molecule has 0 aliphatic rings. The highest BCUT2D eigenvalue weighted by Gasteiger charge is 2.07. The summed E-state index contributed by atoms with van der Waals surface area (Å²) in [6, 6.07) is 7.72. The molecule has 1 aromatic carbocycles. The van der Waals surface area contributed by atoms with Crippen LogP contribution in [0.1, 0.15) is 0 Å². The summed E-state index contributed by atoms with van der Waals surface area (Å²) in [5.41, 5.74) is 7.85. The van der Waals surface area contributed by atoms with Crippen LogP contribution >= 0.6 is 22.9 Å². The number of hydrogen-bond acceptors (Lipinski definition) is 3. The number of halogens is 1. The lowest BCUT2D eigenvalue weighted by molar-refractivity contribution is 1.24. The van der Waals surface area contributed by atoms with E-state index in [0.29, 0.717) is 5.82 Å². The maximum Gasteiger partial charge on any atom is 0.196 e. The molecular formula is C11H8ClN3S. The molecule has 3 rings (SSSR count). The molecule has 0 saturated heterocycles. The second kappa shape index (κ2) is 3.50. The first-order valence-electron chi connectivity index (χ1n) is 4.72. The molecule has 80 valence electrons. The quantitative estimate of drug-likeness (QED) is 0.719. The number of fused-ring (bicyclic) bond motifs is 1. The third-order valence-electron chi connectivity index (χ3n) is 2.37. The number of aromatic nitrogens is 2. The molecule has 0 radical (unpaired) electrons. The Balaban J connectivity index is 2.21. The average Bonchev–Trinajstić information content (AvgIpc) is 2.78. The Morgan fingerprint density at radius 2 is 2.00 bits per heavy atom. The molecule has 0 amide bonds. The van der Waals surface area contributed by atoms with Gasteiger partial charge in [-0.25, -0.2) is 4.98 Å². The second-order valence-electron chi connectivity index (χ2n) is 3.45. The van der Waals surface area contributed by atoms with Crippen molar-refractivity contribution in [3.05, 3.63) is 40.9 Å². The SMILES string of the molecule is Nc1cn2c(-c3ccc(Cl)cc3)csc2n1. The number of nitrogens with two attached hydrogens (primary N) is 1. The van der Waals surface area contributed by atoms with Crippen LogP contribution in [0.25, 0.3) is 16.2 Å². The first-order chi connectivity index (χ1) is 7.74. The Morgan fingerprint density at radius 1 is 1.25 bits per heavy atom. The summed E-state index contributed by atoms with van der Waals surface area (Å²) < 4.78 is 1.99. The minimum atomic E-state index is 0.544. The minimum Gasteiger partial charge on any atom is -0.382 e. The lowest BCUT2D eigenvalue weighted by atomic mass is 10.2. The molecule has 0 aliphatic heterocycles. The Morgan fingerprint density at radius 3 is 2.75 bits per heavy atom. The van der Waals surface area contributed by atoms with E-state index >= 15 is 0 Å². The van der Waals surface area contributed by atoms with E-state index < -0.39 is 0 Å². The molecule has 0 spiro atoms. The van der Waals surface area contributed by atoms with Crippen LogP contribution in [-0.2, 0) is 0 Å². The van der Waals surface area contributed by atoms with Crippen molar-refractivity contribution in [1.29, 1.82) is 0 Å². The normalized spacial score (nSPS) is 11.1. The van der Waals surface area contributed by atoms with Crippen LogP contribution in [0.15, 0.2) is 35.8 Å². The molecule has 0 saturated carbocycles. The number of rotatable bonds is 1. The zero-order chi connectivity index (χ0) is 11.1. The summed E-state index contributed by atoms with van der Waals surface area (Å²) in [6.07, 6.45) is 1.83. The lowest BCUT2D eigenvalue weighted by Gasteiger charge is -1.99. The highest BCUT2D eigenvalue weighted by molar-refractivity contribution is 7.15. The molecule has 3 nitrogen and oxygen atoms in total. The van der Waals surface area contributed by atoms with E-state index in [0.717, 1.165) is 21.2 Å². The van der Waals surface area contributed by atoms with Gasteiger partial charge in [0.05, 0.1) is 11.9 Å². The predicted octanol–water partition coefficient (Wildman–Crippen LogP) is 3.30. The summed E-state index contributed by atoms with van der Waals surface area (Å²) in [7, 11) is 0. The van der Waals surface area contributed by atoms with Crippen molar-refractivity contribution in [2.75, 3.05) is 5.73 Å². The summed E-state index contributed by atoms with van der Waals surface area (Å²) in [5.74, 6) is 0.544. The van der Waals surface area contributed by atoms with Crippen molar-refractivity contribution in [2.45, 2.75) is 0 Å². The number of thiazole rings is 1. The summed E-state index contributed by atoms with van der Waals surface area (Å²) >= 11 is 7.43. The Hall–Kier alpha value is -1.52. The van der Waals surface area contributed by atoms with Gasteiger partial charge >= 0.3 is 0 Å². The fourth-order valence-corrected chi connectivity index (χ4v) is 2.64. The van der Waals surface area contributed by atoms with Gasteiger partial charge in [-0.05, 0) is 17.7 Å². The molecule has 5 heteroatoms. The van der Waals surface area contributed by atoms with Crippen LogP contribution in [0.3, 0.4) is 0 Å². The van der Waals surface area contributed by atoms with E-state index in [4.69, 9.17) is 17.3 Å². The average molecular weight is 250 g/mol. The molecule has 2 N–H and O–H groups in total. The number of nitrogens with zero attached hydrogens (tertiary/aromatic N) is 2. The van der Waals surface area contributed by atoms with Crippen LogP contribution in [0, 0.1) is 0 Å². The molecule has 0 atom stereocenters. The summed E-state index contributed by atoms with van der Waals surface area (Å²) in [6.45, 7) is 0. The van der Waals surface area contributed by atoms with Gasteiger partial charge in [-0.3, -0.25) is 4.40 Å². The van der Waals surface area contributed by atoms with Crippen molar-refractivity contribution in [3.8, 4) is 11.3 Å². The Labute approximate surface area is 101 Å². The number of imidazole rings is 1. The smallest absolute Gasteiger partial charge is 0.196 e. The number of benzene rings is 1. The van der Waals surface area contributed by atoms with E-state index in [2.05, 4.69) is 10.4 Å². The van der Waals surface area contributed by atoms with Gasteiger partial charge in [-0.2, -0.15) is 0 Å². The largest absolute Gasteiger partial charge is 0.382 e. The second-order valence-corrected chi connectivity index (χ2v) is 4.72. The standard InChI is InChI=1S/C11H8ClN3S/c12-8-3-1-7(2-4-8)9-6-16-11-14-10(13)5-15(9)11/h1-6H,13H2. The van der Waals surface area contributed by atoms with E-state index in [9.17, 15) is 0 Å². The topological polar surface area (TPSA) is 43.3 Å². The Kier molecular flexibility index (Phi) is 2.12. The monoisotopic (exact) mass is 249 g/mol. The van der Waals surface area contributed by atoms with Crippen molar-refractivity contribution >= 4 is 33.7 Å². The van der Waals surface area contributed by atoms with E-state index in [-0.39, 0.29) is 0 Å². The number of nitrogen functional groups attached to an aromatic ring is 1. The van der Waals surface area contributed by atoms with E-state index in [1.165, 1.54) is 0 Å². The molecule has 0 aliphatic carbocycles. The molecule has 16 heavy (non-hydrogen) atoms. The highest BCUT2D eigenvalue weighted by atomic mass is 35.5. The van der Waals surface area contributed by atoms with E-state index in [1.807, 2.05) is 34.9 Å². The first-order valence-corrected chi connectivity index (χ1v) is 5.98. The fraction of sp³-hybridized carbons (Fsp3) is 0. The maximum absolute atomic E-state index is 5.86. The zero-order valence-corrected chi connectivity index (χ0v) is 9.79. The van der Waals surface area contributed by atoms with Gasteiger partial charge in [-0.15, -0.1) is 11.3 Å². The molecule has 2 heterocycles.